The van der Waals surface area contributed by atoms with Crippen molar-refractivity contribution < 1.29 is 9.47 Å². The van der Waals surface area contributed by atoms with E-state index in [2.05, 4.69) is 44.5 Å². The zero-order valence-corrected chi connectivity index (χ0v) is 15.4. The summed E-state index contributed by atoms with van der Waals surface area (Å²) in [5.41, 5.74) is 3.90. The molecule has 1 aliphatic rings. The minimum Gasteiger partial charge on any atom is -0.475 e. The molecule has 0 saturated heterocycles. The van der Waals surface area contributed by atoms with E-state index in [1.54, 1.807) is 7.11 Å². The second kappa shape index (κ2) is 9.20. The minimum absolute atomic E-state index is 0.504. The van der Waals surface area contributed by atoms with Gasteiger partial charge in [0.2, 0.25) is 5.88 Å². The fourth-order valence-electron chi connectivity index (χ4n) is 3.02. The molecule has 1 aliphatic heterocycles. The van der Waals surface area contributed by atoms with Crippen molar-refractivity contribution >= 4 is 5.96 Å². The highest BCUT2D eigenvalue weighted by Crippen LogP contribution is 2.18. The summed E-state index contributed by atoms with van der Waals surface area (Å²) in [4.78, 5) is 11.1. The van der Waals surface area contributed by atoms with Gasteiger partial charge < -0.3 is 19.7 Å². The summed E-state index contributed by atoms with van der Waals surface area (Å²) in [6.07, 6.45) is 2.87. The van der Waals surface area contributed by atoms with Crippen molar-refractivity contribution in [2.45, 2.75) is 19.5 Å². The van der Waals surface area contributed by atoms with Crippen LogP contribution in [0.15, 0.2) is 47.6 Å². The van der Waals surface area contributed by atoms with Crippen molar-refractivity contribution in [2.75, 3.05) is 33.9 Å². The molecule has 0 unspecified atom stereocenters. The van der Waals surface area contributed by atoms with E-state index in [1.165, 1.54) is 11.1 Å². The molecule has 2 aromatic rings. The number of rotatable bonds is 6. The second-order valence-electron chi connectivity index (χ2n) is 6.19. The lowest BCUT2D eigenvalue weighted by Crippen LogP contribution is -2.43. The van der Waals surface area contributed by atoms with Crippen molar-refractivity contribution in [2.24, 2.45) is 4.99 Å². The SMILES string of the molecule is CN=C(NCc1ccc(OCCOC)nc1)N1CCc2ccccc2C1. The predicted molar refractivity (Wildman–Crippen MR) is 102 cm³/mol. The standard InChI is InChI=1S/C20H26N4O2/c1-21-20(24-10-9-17-5-3-4-6-18(17)15-24)23-14-16-7-8-19(22-13-16)26-12-11-25-2/h3-8,13H,9-12,14-15H2,1-2H3,(H,21,23). The zero-order chi connectivity index (χ0) is 18.2. The average Bonchev–Trinajstić information content (AvgIpc) is 2.69. The lowest BCUT2D eigenvalue weighted by molar-refractivity contribution is 0.143. The first-order chi connectivity index (χ1) is 12.8. The van der Waals surface area contributed by atoms with Crippen molar-refractivity contribution in [1.29, 1.82) is 0 Å². The number of ether oxygens (including phenoxy) is 2. The van der Waals surface area contributed by atoms with Crippen LogP contribution >= 0.6 is 0 Å². The highest BCUT2D eigenvalue weighted by atomic mass is 16.5. The molecule has 0 spiro atoms. The van der Waals surface area contributed by atoms with Gasteiger partial charge >= 0.3 is 0 Å². The Hall–Kier alpha value is -2.60. The van der Waals surface area contributed by atoms with Crippen LogP contribution in [-0.2, 0) is 24.2 Å². The highest BCUT2D eigenvalue weighted by molar-refractivity contribution is 5.80. The molecule has 0 aliphatic carbocycles. The third-order valence-electron chi connectivity index (χ3n) is 4.43. The van der Waals surface area contributed by atoms with Gasteiger partial charge in [0, 0.05) is 46.1 Å². The number of aromatic nitrogens is 1. The minimum atomic E-state index is 0.504. The molecule has 1 aromatic heterocycles. The number of aliphatic imine (C=N–C) groups is 1. The van der Waals surface area contributed by atoms with E-state index >= 15 is 0 Å². The average molecular weight is 354 g/mol. The zero-order valence-electron chi connectivity index (χ0n) is 15.4. The summed E-state index contributed by atoms with van der Waals surface area (Å²) in [6.45, 7) is 3.60. The second-order valence-corrected chi connectivity index (χ2v) is 6.19. The maximum Gasteiger partial charge on any atom is 0.213 e. The number of guanidine groups is 1. The Balaban J connectivity index is 1.53. The third kappa shape index (κ3) is 4.73. The van der Waals surface area contributed by atoms with Crippen molar-refractivity contribution in [1.82, 2.24) is 15.2 Å². The quantitative estimate of drug-likeness (QED) is 0.490. The molecule has 0 bridgehead atoms. The monoisotopic (exact) mass is 354 g/mol. The van der Waals surface area contributed by atoms with E-state index in [9.17, 15) is 0 Å². The molecule has 0 atom stereocenters. The number of fused-ring (bicyclic) bond motifs is 1. The first-order valence-corrected chi connectivity index (χ1v) is 8.89. The number of nitrogens with zero attached hydrogens (tertiary/aromatic N) is 3. The van der Waals surface area contributed by atoms with Gasteiger partial charge in [-0.3, -0.25) is 4.99 Å². The normalized spacial score (nSPS) is 14.1. The molecule has 0 radical (unpaired) electrons. The van der Waals surface area contributed by atoms with E-state index in [4.69, 9.17) is 9.47 Å². The largest absolute Gasteiger partial charge is 0.475 e. The fraction of sp³-hybridized carbons (Fsp3) is 0.400. The Morgan fingerprint density at radius 1 is 1.19 bits per heavy atom. The van der Waals surface area contributed by atoms with E-state index < -0.39 is 0 Å². The first-order valence-electron chi connectivity index (χ1n) is 8.89. The topological polar surface area (TPSA) is 59.0 Å². The van der Waals surface area contributed by atoms with Gasteiger partial charge in [0.15, 0.2) is 5.96 Å². The molecule has 1 N–H and O–H groups in total. The highest BCUT2D eigenvalue weighted by Gasteiger charge is 2.18. The van der Waals surface area contributed by atoms with Crippen molar-refractivity contribution in [3.05, 3.63) is 59.3 Å². The summed E-state index contributed by atoms with van der Waals surface area (Å²) in [5.74, 6) is 1.53. The number of methoxy groups -OCH3 is 1. The Morgan fingerprint density at radius 3 is 2.77 bits per heavy atom. The molecule has 6 nitrogen and oxygen atoms in total. The maximum atomic E-state index is 5.49. The fourth-order valence-corrected chi connectivity index (χ4v) is 3.02. The van der Waals surface area contributed by atoms with E-state index in [0.29, 0.717) is 25.6 Å². The van der Waals surface area contributed by atoms with Crippen LogP contribution in [0.4, 0.5) is 0 Å². The van der Waals surface area contributed by atoms with Crippen LogP contribution < -0.4 is 10.1 Å². The molecule has 0 amide bonds. The van der Waals surface area contributed by atoms with Gasteiger partial charge in [-0.2, -0.15) is 0 Å². The Morgan fingerprint density at radius 2 is 2.04 bits per heavy atom. The summed E-state index contributed by atoms with van der Waals surface area (Å²) < 4.78 is 10.5. The van der Waals surface area contributed by atoms with E-state index in [0.717, 1.165) is 31.0 Å². The van der Waals surface area contributed by atoms with Crippen LogP contribution in [0.1, 0.15) is 16.7 Å². The van der Waals surface area contributed by atoms with Gasteiger partial charge in [-0.25, -0.2) is 4.98 Å². The van der Waals surface area contributed by atoms with Gasteiger partial charge in [0.25, 0.3) is 0 Å². The van der Waals surface area contributed by atoms with Gasteiger partial charge in [-0.1, -0.05) is 30.3 Å². The summed E-state index contributed by atoms with van der Waals surface area (Å²) >= 11 is 0. The van der Waals surface area contributed by atoms with Crippen LogP contribution in [0, 0.1) is 0 Å². The number of hydrogen-bond donors (Lipinski definition) is 1. The molecular formula is C20H26N4O2. The van der Waals surface area contributed by atoms with E-state index in [1.807, 2.05) is 25.4 Å². The molecule has 138 valence electrons. The summed E-state index contributed by atoms with van der Waals surface area (Å²) in [5, 5.41) is 3.43. The van der Waals surface area contributed by atoms with Crippen LogP contribution in [0.25, 0.3) is 0 Å². The molecule has 6 heteroatoms. The predicted octanol–water partition coefficient (Wildman–Crippen LogP) is 2.24. The van der Waals surface area contributed by atoms with Gasteiger partial charge in [0.05, 0.1) is 6.61 Å². The Bertz CT molecular complexity index is 731. The van der Waals surface area contributed by atoms with Crippen molar-refractivity contribution in [3.63, 3.8) is 0 Å². The Kier molecular flexibility index (Phi) is 6.44. The molecular weight excluding hydrogens is 328 g/mol. The molecule has 1 aromatic carbocycles. The lowest BCUT2D eigenvalue weighted by Gasteiger charge is -2.31. The smallest absolute Gasteiger partial charge is 0.213 e. The number of hydrogen-bond acceptors (Lipinski definition) is 4. The van der Waals surface area contributed by atoms with Crippen LogP contribution in [-0.4, -0.2) is 49.8 Å². The molecule has 0 saturated carbocycles. The third-order valence-corrected chi connectivity index (χ3v) is 4.43. The van der Waals surface area contributed by atoms with Crippen molar-refractivity contribution in [3.8, 4) is 5.88 Å². The molecule has 0 fully saturated rings. The van der Waals surface area contributed by atoms with Crippen LogP contribution in [0.5, 0.6) is 5.88 Å². The molecule has 3 rings (SSSR count). The van der Waals surface area contributed by atoms with Gasteiger partial charge in [0.1, 0.15) is 6.61 Å². The van der Waals surface area contributed by atoms with E-state index in [-0.39, 0.29) is 0 Å². The number of nitrogens with one attached hydrogen (secondary N) is 1. The van der Waals surface area contributed by atoms with Gasteiger partial charge in [-0.15, -0.1) is 0 Å². The maximum absolute atomic E-state index is 5.49. The number of pyridine rings is 1. The van der Waals surface area contributed by atoms with Gasteiger partial charge in [-0.05, 0) is 23.1 Å². The summed E-state index contributed by atoms with van der Waals surface area (Å²) in [6, 6.07) is 12.5. The van der Waals surface area contributed by atoms with Crippen LogP contribution in [0.2, 0.25) is 0 Å². The summed E-state index contributed by atoms with van der Waals surface area (Å²) in [7, 11) is 3.48. The number of benzene rings is 1. The van der Waals surface area contributed by atoms with Crippen LogP contribution in [0.3, 0.4) is 0 Å². The Labute approximate surface area is 154 Å². The molecule has 26 heavy (non-hydrogen) atoms. The first kappa shape index (κ1) is 18.2. The lowest BCUT2D eigenvalue weighted by atomic mass is 10.0. The molecule has 2 heterocycles.